The van der Waals surface area contributed by atoms with Gasteiger partial charge in [-0.05, 0) is 37.1 Å². The largest absolute Gasteiger partial charge is 0.369 e. The number of anilines is 2. The zero-order chi connectivity index (χ0) is 22.0. The van der Waals surface area contributed by atoms with E-state index in [-0.39, 0.29) is 4.90 Å². The fourth-order valence-corrected chi connectivity index (χ4v) is 5.94. The molecule has 0 spiro atoms. The minimum atomic E-state index is -3.73. The van der Waals surface area contributed by atoms with E-state index in [2.05, 4.69) is 50.7 Å². The summed E-state index contributed by atoms with van der Waals surface area (Å²) in [5.41, 5.74) is 3.71. The molecule has 31 heavy (non-hydrogen) atoms. The molecule has 0 radical (unpaired) electrons. The van der Waals surface area contributed by atoms with E-state index in [1.54, 1.807) is 23.0 Å². The van der Waals surface area contributed by atoms with Gasteiger partial charge in [-0.3, -0.25) is 9.62 Å². The first-order chi connectivity index (χ1) is 14.8. The molecule has 1 fully saturated rings. The van der Waals surface area contributed by atoms with Gasteiger partial charge in [-0.15, -0.1) is 11.3 Å². The van der Waals surface area contributed by atoms with E-state index in [0.717, 1.165) is 25.2 Å². The van der Waals surface area contributed by atoms with Crippen LogP contribution < -0.4 is 9.62 Å². The van der Waals surface area contributed by atoms with Gasteiger partial charge in [0.25, 0.3) is 10.0 Å². The number of hydrogen-bond donors (Lipinski definition) is 1. The highest BCUT2D eigenvalue weighted by Crippen LogP contribution is 2.33. The van der Waals surface area contributed by atoms with Gasteiger partial charge in [-0.25, -0.2) is 13.4 Å². The number of nitrogens with one attached hydrogen (secondary N) is 1. The Morgan fingerprint density at radius 2 is 2.03 bits per heavy atom. The lowest BCUT2D eigenvalue weighted by molar-refractivity contribution is 0.259. The van der Waals surface area contributed by atoms with Crippen LogP contribution in [0.25, 0.3) is 0 Å². The summed E-state index contributed by atoms with van der Waals surface area (Å²) in [5.74, 6) is 0.306. The fourth-order valence-electron chi connectivity index (χ4n) is 3.98. The lowest BCUT2D eigenvalue weighted by Crippen LogP contribution is -2.35. The van der Waals surface area contributed by atoms with E-state index < -0.39 is 10.0 Å². The first-order valence-electron chi connectivity index (χ1n) is 10.1. The summed E-state index contributed by atoms with van der Waals surface area (Å²) < 4.78 is 27.7. The van der Waals surface area contributed by atoms with Crippen molar-refractivity contribution >= 4 is 44.5 Å². The number of likely N-dealkylation sites (N-methyl/N-ethyl adjacent to an activating group) is 1. The molecule has 0 amide bonds. The van der Waals surface area contributed by atoms with Crippen LogP contribution in [0.2, 0.25) is 5.02 Å². The van der Waals surface area contributed by atoms with Crippen molar-refractivity contribution in [2.45, 2.75) is 30.3 Å². The summed E-state index contributed by atoms with van der Waals surface area (Å²) in [7, 11) is -1.72. The minimum absolute atomic E-state index is 0.119. The van der Waals surface area contributed by atoms with E-state index >= 15 is 0 Å². The molecule has 3 aromatic rings. The monoisotopic (exact) mass is 476 g/mol. The Labute approximate surface area is 192 Å². The van der Waals surface area contributed by atoms with Gasteiger partial charge in [0.15, 0.2) is 5.82 Å². The van der Waals surface area contributed by atoms with Crippen molar-refractivity contribution in [2.75, 3.05) is 29.8 Å². The number of rotatable bonds is 7. The molecule has 1 aromatic heterocycles. The maximum Gasteiger partial charge on any atom is 0.263 e. The molecule has 0 bridgehead atoms. The summed E-state index contributed by atoms with van der Waals surface area (Å²) in [6, 6.07) is 16.0. The number of nitrogens with zero attached hydrogens (tertiary/aromatic N) is 3. The van der Waals surface area contributed by atoms with Crippen LogP contribution in [0.1, 0.15) is 24.9 Å². The SMILES string of the molecule is C[C@@H](c1ccccc1)N1CC[C@H](N(C)c2ccc(S(=O)(=O)Nc3cscn3)cc2Cl)C1. The highest BCUT2D eigenvalue weighted by atomic mass is 35.5. The van der Waals surface area contributed by atoms with Crippen LogP contribution in [0, 0.1) is 0 Å². The molecule has 9 heteroatoms. The van der Waals surface area contributed by atoms with Gasteiger partial charge in [0.2, 0.25) is 0 Å². The highest BCUT2D eigenvalue weighted by molar-refractivity contribution is 7.92. The minimum Gasteiger partial charge on any atom is -0.369 e. The molecule has 0 unspecified atom stereocenters. The van der Waals surface area contributed by atoms with Crippen molar-refractivity contribution in [1.82, 2.24) is 9.88 Å². The molecular weight excluding hydrogens is 452 g/mol. The summed E-state index contributed by atoms with van der Waals surface area (Å²) in [6.45, 7) is 4.17. The van der Waals surface area contributed by atoms with Gasteiger partial charge in [0, 0.05) is 37.6 Å². The van der Waals surface area contributed by atoms with Crippen molar-refractivity contribution in [2.24, 2.45) is 0 Å². The first kappa shape index (κ1) is 22.1. The molecule has 2 atom stereocenters. The predicted molar refractivity (Wildman–Crippen MR) is 128 cm³/mol. The summed E-state index contributed by atoms with van der Waals surface area (Å²) in [5, 5.41) is 2.06. The van der Waals surface area contributed by atoms with Crippen molar-refractivity contribution < 1.29 is 8.42 Å². The van der Waals surface area contributed by atoms with Crippen LogP contribution in [-0.2, 0) is 10.0 Å². The fraction of sp³-hybridized carbons (Fsp3) is 0.318. The van der Waals surface area contributed by atoms with Gasteiger partial charge in [0.1, 0.15) is 0 Å². The Balaban J connectivity index is 1.46. The summed E-state index contributed by atoms with van der Waals surface area (Å²) in [6.07, 6.45) is 1.02. The standard InChI is InChI=1S/C22H25ClN4O2S2/c1-16(17-6-4-3-5-7-17)27-11-10-18(13-27)26(2)21-9-8-19(12-20(21)23)31(28,29)25-22-14-30-15-24-22/h3-9,12,14-16,18,25H,10-11,13H2,1-2H3/t16-,18-/m0/s1. The Morgan fingerprint density at radius 1 is 1.26 bits per heavy atom. The molecule has 0 saturated carbocycles. The number of sulfonamides is 1. The summed E-state index contributed by atoms with van der Waals surface area (Å²) >= 11 is 7.85. The Morgan fingerprint density at radius 3 is 2.71 bits per heavy atom. The molecule has 0 aliphatic carbocycles. The Kier molecular flexibility index (Phi) is 6.52. The number of hydrogen-bond acceptors (Lipinski definition) is 6. The Bertz CT molecular complexity index is 1120. The molecule has 1 N–H and O–H groups in total. The quantitative estimate of drug-likeness (QED) is 0.527. The third-order valence-corrected chi connectivity index (χ3v) is 8.09. The van der Waals surface area contributed by atoms with Crippen LogP contribution >= 0.6 is 22.9 Å². The zero-order valence-electron chi connectivity index (χ0n) is 17.4. The molecule has 2 heterocycles. The summed E-state index contributed by atoms with van der Waals surface area (Å²) in [4.78, 5) is 8.72. The van der Waals surface area contributed by atoms with E-state index in [9.17, 15) is 8.42 Å². The molecule has 1 saturated heterocycles. The lowest BCUT2D eigenvalue weighted by atomic mass is 10.1. The average molecular weight is 477 g/mol. The normalized spacial score (nSPS) is 18.1. The van der Waals surface area contributed by atoms with Gasteiger partial charge >= 0.3 is 0 Å². The van der Waals surface area contributed by atoms with Crippen molar-refractivity contribution in [3.8, 4) is 0 Å². The number of aromatic nitrogens is 1. The molecule has 6 nitrogen and oxygen atoms in total. The van der Waals surface area contributed by atoms with Crippen LogP contribution in [0.15, 0.2) is 64.3 Å². The number of halogens is 1. The molecule has 4 rings (SSSR count). The second-order valence-electron chi connectivity index (χ2n) is 7.73. The zero-order valence-corrected chi connectivity index (χ0v) is 19.8. The van der Waals surface area contributed by atoms with Crippen molar-refractivity contribution in [3.63, 3.8) is 0 Å². The molecule has 2 aromatic carbocycles. The van der Waals surface area contributed by atoms with Crippen molar-refractivity contribution in [3.05, 3.63) is 70.0 Å². The van der Waals surface area contributed by atoms with E-state index in [4.69, 9.17) is 11.6 Å². The predicted octanol–water partition coefficient (Wildman–Crippen LogP) is 4.87. The van der Waals surface area contributed by atoms with E-state index in [1.165, 1.54) is 23.0 Å². The van der Waals surface area contributed by atoms with Gasteiger partial charge < -0.3 is 4.90 Å². The van der Waals surface area contributed by atoms with Crippen LogP contribution in [-0.4, -0.2) is 44.5 Å². The lowest BCUT2D eigenvalue weighted by Gasteiger charge is -2.30. The molecule has 164 valence electrons. The third-order valence-electron chi connectivity index (χ3n) is 5.85. The van der Waals surface area contributed by atoms with E-state index in [0.29, 0.717) is 22.9 Å². The average Bonchev–Trinajstić information content (AvgIpc) is 3.45. The Hall–Kier alpha value is -2.13. The maximum absolute atomic E-state index is 12.6. The van der Waals surface area contributed by atoms with Crippen LogP contribution in [0.5, 0.6) is 0 Å². The van der Waals surface area contributed by atoms with Crippen LogP contribution in [0.3, 0.4) is 0 Å². The first-order valence-corrected chi connectivity index (χ1v) is 12.9. The number of thiazole rings is 1. The van der Waals surface area contributed by atoms with Gasteiger partial charge in [-0.1, -0.05) is 41.9 Å². The van der Waals surface area contributed by atoms with E-state index in [1.807, 2.05) is 13.1 Å². The topological polar surface area (TPSA) is 65.5 Å². The van der Waals surface area contributed by atoms with Gasteiger partial charge in [0.05, 0.1) is 21.1 Å². The molecule has 1 aliphatic heterocycles. The van der Waals surface area contributed by atoms with Crippen LogP contribution in [0.4, 0.5) is 11.5 Å². The molecule has 1 aliphatic rings. The smallest absolute Gasteiger partial charge is 0.263 e. The molecular formula is C22H25ClN4O2S2. The third kappa shape index (κ3) is 4.87. The number of benzene rings is 2. The number of likely N-dealkylation sites (tertiary alicyclic amines) is 1. The second-order valence-corrected chi connectivity index (χ2v) is 10.5. The van der Waals surface area contributed by atoms with Gasteiger partial charge in [-0.2, -0.15) is 0 Å². The highest BCUT2D eigenvalue weighted by Gasteiger charge is 2.30. The maximum atomic E-state index is 12.6. The second kappa shape index (κ2) is 9.16. The van der Waals surface area contributed by atoms with Crippen molar-refractivity contribution in [1.29, 1.82) is 0 Å².